The molecule has 0 spiro atoms. The van der Waals surface area contributed by atoms with E-state index >= 15 is 0 Å². The van der Waals surface area contributed by atoms with E-state index in [-0.39, 0.29) is 17.9 Å². The number of benzene rings is 1. The first-order chi connectivity index (χ1) is 10.1. The molecule has 1 atom stereocenters. The van der Waals surface area contributed by atoms with E-state index in [9.17, 15) is 9.59 Å². The minimum Gasteiger partial charge on any atom is -0.354 e. The minimum absolute atomic E-state index is 0.0301. The molecule has 1 aromatic rings. The molecule has 2 amide bonds. The molecule has 1 aromatic carbocycles. The Kier molecular flexibility index (Phi) is 5.37. The molecule has 0 saturated carbocycles. The Morgan fingerprint density at radius 3 is 2.67 bits per heavy atom. The summed E-state index contributed by atoms with van der Waals surface area (Å²) in [6.07, 6.45) is 4.29. The highest BCUT2D eigenvalue weighted by molar-refractivity contribution is 6.03. The standard InChI is InChI=1S/C17H24N2O2/c1-3-4-5-12-18-17(21)15-10-11-16(20)19(15)14-8-6-13(2)7-9-14/h6-9,15H,3-5,10-12H2,1-2H3,(H,18,21). The van der Waals surface area contributed by atoms with Gasteiger partial charge in [-0.05, 0) is 31.9 Å². The highest BCUT2D eigenvalue weighted by Crippen LogP contribution is 2.27. The second-order valence-corrected chi connectivity index (χ2v) is 5.65. The average molecular weight is 288 g/mol. The van der Waals surface area contributed by atoms with Gasteiger partial charge in [0, 0.05) is 18.7 Å². The van der Waals surface area contributed by atoms with Crippen LogP contribution in [-0.4, -0.2) is 24.4 Å². The summed E-state index contributed by atoms with van der Waals surface area (Å²) < 4.78 is 0. The molecule has 21 heavy (non-hydrogen) atoms. The Morgan fingerprint density at radius 2 is 2.00 bits per heavy atom. The second kappa shape index (κ2) is 7.25. The summed E-state index contributed by atoms with van der Waals surface area (Å²) in [7, 11) is 0. The molecule has 1 heterocycles. The fourth-order valence-electron chi connectivity index (χ4n) is 2.67. The predicted molar refractivity (Wildman–Crippen MR) is 84.2 cm³/mol. The quantitative estimate of drug-likeness (QED) is 0.818. The Labute approximate surface area is 126 Å². The number of hydrogen-bond acceptors (Lipinski definition) is 2. The zero-order valence-electron chi connectivity index (χ0n) is 12.9. The van der Waals surface area contributed by atoms with Crippen LogP contribution in [0.1, 0.15) is 44.6 Å². The van der Waals surface area contributed by atoms with Crippen LogP contribution in [0.3, 0.4) is 0 Å². The molecule has 1 unspecified atom stereocenters. The van der Waals surface area contributed by atoms with Gasteiger partial charge < -0.3 is 5.32 Å². The number of hydrogen-bond donors (Lipinski definition) is 1. The number of carbonyl (C=O) groups is 2. The van der Waals surface area contributed by atoms with Crippen molar-refractivity contribution >= 4 is 17.5 Å². The summed E-state index contributed by atoms with van der Waals surface area (Å²) in [5.41, 5.74) is 1.96. The molecular formula is C17H24N2O2. The van der Waals surface area contributed by atoms with Crippen molar-refractivity contribution in [3.8, 4) is 0 Å². The summed E-state index contributed by atoms with van der Waals surface area (Å²) in [5.74, 6) is 0.00471. The number of rotatable bonds is 6. The molecule has 0 aromatic heterocycles. The van der Waals surface area contributed by atoms with E-state index in [0.29, 0.717) is 19.4 Å². The van der Waals surface area contributed by atoms with Crippen LogP contribution in [0.25, 0.3) is 0 Å². The molecule has 1 aliphatic rings. The fourth-order valence-corrected chi connectivity index (χ4v) is 2.67. The predicted octanol–water partition coefficient (Wildman–Crippen LogP) is 2.80. The maximum atomic E-state index is 12.3. The lowest BCUT2D eigenvalue weighted by Gasteiger charge is -2.24. The molecule has 1 saturated heterocycles. The van der Waals surface area contributed by atoms with Crippen molar-refractivity contribution in [2.45, 2.75) is 52.0 Å². The Hall–Kier alpha value is -1.84. The second-order valence-electron chi connectivity index (χ2n) is 5.65. The number of anilines is 1. The van der Waals surface area contributed by atoms with Gasteiger partial charge in [0.15, 0.2) is 0 Å². The van der Waals surface area contributed by atoms with E-state index in [4.69, 9.17) is 0 Å². The van der Waals surface area contributed by atoms with Gasteiger partial charge in [-0.2, -0.15) is 0 Å². The van der Waals surface area contributed by atoms with Crippen LogP contribution < -0.4 is 10.2 Å². The zero-order chi connectivity index (χ0) is 15.2. The Balaban J connectivity index is 2.02. The highest BCUT2D eigenvalue weighted by atomic mass is 16.2. The van der Waals surface area contributed by atoms with Crippen molar-refractivity contribution in [2.75, 3.05) is 11.4 Å². The third-order valence-electron chi connectivity index (χ3n) is 3.91. The first-order valence-corrected chi connectivity index (χ1v) is 7.80. The molecule has 0 radical (unpaired) electrons. The molecular weight excluding hydrogens is 264 g/mol. The molecule has 1 aliphatic heterocycles. The van der Waals surface area contributed by atoms with E-state index < -0.39 is 0 Å². The summed E-state index contributed by atoms with van der Waals surface area (Å²) in [4.78, 5) is 26.0. The molecule has 1 fully saturated rings. The maximum absolute atomic E-state index is 12.3. The highest BCUT2D eigenvalue weighted by Gasteiger charge is 2.36. The van der Waals surface area contributed by atoms with Crippen LogP contribution >= 0.6 is 0 Å². The number of nitrogens with zero attached hydrogens (tertiary/aromatic N) is 1. The van der Waals surface area contributed by atoms with Gasteiger partial charge in [-0.15, -0.1) is 0 Å². The van der Waals surface area contributed by atoms with E-state index in [0.717, 1.165) is 30.5 Å². The molecule has 2 rings (SSSR count). The molecule has 4 nitrogen and oxygen atoms in total. The third-order valence-corrected chi connectivity index (χ3v) is 3.91. The number of aryl methyl sites for hydroxylation is 1. The van der Waals surface area contributed by atoms with Gasteiger partial charge in [0.2, 0.25) is 11.8 Å². The van der Waals surface area contributed by atoms with Crippen LogP contribution in [0.15, 0.2) is 24.3 Å². The lowest BCUT2D eigenvalue weighted by atomic mass is 10.1. The fraction of sp³-hybridized carbons (Fsp3) is 0.529. The van der Waals surface area contributed by atoms with Gasteiger partial charge >= 0.3 is 0 Å². The van der Waals surface area contributed by atoms with Gasteiger partial charge in [0.05, 0.1) is 0 Å². The van der Waals surface area contributed by atoms with Crippen molar-refractivity contribution in [2.24, 2.45) is 0 Å². The summed E-state index contributed by atoms with van der Waals surface area (Å²) in [6, 6.07) is 7.40. The van der Waals surface area contributed by atoms with Gasteiger partial charge in [-0.25, -0.2) is 0 Å². The van der Waals surface area contributed by atoms with Crippen molar-refractivity contribution < 1.29 is 9.59 Å². The number of carbonyl (C=O) groups excluding carboxylic acids is 2. The Morgan fingerprint density at radius 1 is 1.29 bits per heavy atom. The first-order valence-electron chi connectivity index (χ1n) is 7.80. The monoisotopic (exact) mass is 288 g/mol. The van der Waals surface area contributed by atoms with E-state index in [1.165, 1.54) is 0 Å². The maximum Gasteiger partial charge on any atom is 0.243 e. The lowest BCUT2D eigenvalue weighted by Crippen LogP contribution is -2.45. The summed E-state index contributed by atoms with van der Waals surface area (Å²) in [5, 5.41) is 2.96. The summed E-state index contributed by atoms with van der Waals surface area (Å²) >= 11 is 0. The van der Waals surface area contributed by atoms with Gasteiger partial charge in [0.1, 0.15) is 6.04 Å². The third kappa shape index (κ3) is 3.84. The first kappa shape index (κ1) is 15.5. The molecule has 114 valence electrons. The summed E-state index contributed by atoms with van der Waals surface area (Å²) in [6.45, 7) is 4.84. The zero-order valence-corrected chi connectivity index (χ0v) is 12.9. The molecule has 0 aliphatic carbocycles. The normalized spacial score (nSPS) is 18.1. The molecule has 1 N–H and O–H groups in total. The van der Waals surface area contributed by atoms with E-state index in [1.54, 1.807) is 4.90 Å². The van der Waals surface area contributed by atoms with Crippen molar-refractivity contribution in [3.63, 3.8) is 0 Å². The number of nitrogens with one attached hydrogen (secondary N) is 1. The van der Waals surface area contributed by atoms with Gasteiger partial charge in [-0.1, -0.05) is 37.5 Å². The molecule has 4 heteroatoms. The number of unbranched alkanes of at least 4 members (excludes halogenated alkanes) is 2. The lowest BCUT2D eigenvalue weighted by molar-refractivity contribution is -0.123. The van der Waals surface area contributed by atoms with E-state index in [1.807, 2.05) is 31.2 Å². The molecule has 0 bridgehead atoms. The van der Waals surface area contributed by atoms with Crippen molar-refractivity contribution in [1.29, 1.82) is 0 Å². The van der Waals surface area contributed by atoms with Crippen LogP contribution in [0.2, 0.25) is 0 Å². The Bertz CT molecular complexity index is 496. The van der Waals surface area contributed by atoms with Crippen LogP contribution in [0, 0.1) is 6.92 Å². The van der Waals surface area contributed by atoms with Gasteiger partial charge in [-0.3, -0.25) is 14.5 Å². The smallest absolute Gasteiger partial charge is 0.243 e. The average Bonchev–Trinajstić information content (AvgIpc) is 2.86. The number of amides is 2. The SMILES string of the molecule is CCCCCNC(=O)C1CCC(=O)N1c1ccc(C)cc1. The van der Waals surface area contributed by atoms with Crippen LogP contribution in [-0.2, 0) is 9.59 Å². The van der Waals surface area contributed by atoms with E-state index in [2.05, 4.69) is 12.2 Å². The van der Waals surface area contributed by atoms with Crippen molar-refractivity contribution in [1.82, 2.24) is 5.32 Å². The van der Waals surface area contributed by atoms with Crippen molar-refractivity contribution in [3.05, 3.63) is 29.8 Å². The largest absolute Gasteiger partial charge is 0.354 e. The minimum atomic E-state index is -0.359. The van der Waals surface area contributed by atoms with Crippen LogP contribution in [0.5, 0.6) is 0 Å². The topological polar surface area (TPSA) is 49.4 Å². The van der Waals surface area contributed by atoms with Crippen LogP contribution in [0.4, 0.5) is 5.69 Å². The van der Waals surface area contributed by atoms with Gasteiger partial charge in [0.25, 0.3) is 0 Å².